The Bertz CT molecular complexity index is 33.9. The number of ether oxygens (including phenoxy) is 1. The Kier molecular flexibility index (Phi) is 0.256. The maximum absolute atomic E-state index is 6.69. The highest BCUT2D eigenvalue weighted by molar-refractivity contribution is 4.41. The monoisotopic (exact) mass is 60.1 g/mol. The van der Waals surface area contributed by atoms with E-state index in [4.69, 9.17) is 1.37 Å². The summed E-state index contributed by atoms with van der Waals surface area (Å²) in [5.41, 5.74) is 0. The lowest BCUT2D eigenvalue weighted by Crippen LogP contribution is -2.09. The summed E-state index contributed by atoms with van der Waals surface area (Å²) in [7, 11) is 0. The number of rotatable bonds is 0. The molecule has 1 rings (SSSR count). The maximum atomic E-state index is 6.69. The van der Waals surface area contributed by atoms with Gasteiger partial charge in [0, 0.05) is 13.2 Å². The molecule has 0 aliphatic carbocycles. The van der Waals surface area contributed by atoms with Gasteiger partial charge in [-0.15, -0.1) is 0 Å². The molecule has 1 heterocycles. The van der Waals surface area contributed by atoms with E-state index in [1.165, 1.54) is 0 Å². The average molecular weight is 60.1 g/mol. The van der Waals surface area contributed by atoms with Crippen molar-refractivity contribution in [1.82, 2.24) is 0 Å². The van der Waals surface area contributed by atoms with Crippen LogP contribution in [0.25, 0.3) is 0 Å². The van der Waals surface area contributed by atoms with Crippen molar-refractivity contribution in [3.63, 3.8) is 0 Å². The molecule has 0 amide bonds. The van der Waals surface area contributed by atoms with Gasteiger partial charge in [0.15, 0.2) is 0 Å². The molecule has 4 heavy (non-hydrogen) atoms. The molecule has 1 nitrogen and oxygen atoms in total. The van der Waals surface area contributed by atoms with Crippen molar-refractivity contribution >= 4 is 0 Å². The normalized spacial score (nSPS) is 46.0. The van der Waals surface area contributed by atoms with Gasteiger partial charge in [0.05, 0.1) is 1.37 Å². The molecule has 1 aliphatic heterocycles. The van der Waals surface area contributed by atoms with Crippen LogP contribution in [-0.2, 0) is 4.74 Å². The van der Waals surface area contributed by atoms with E-state index in [2.05, 4.69) is 4.74 Å². The second-order valence-corrected chi connectivity index (χ2v) is 0.826. The van der Waals surface area contributed by atoms with Gasteiger partial charge >= 0.3 is 0 Å². The zero-order chi connectivity index (χ0) is 3.70. The summed E-state index contributed by atoms with van der Waals surface area (Å²) in [4.78, 5) is 0. The Labute approximate surface area is 27.0 Å². The fraction of sp³-hybridized carbons (Fsp3) is 1.00. The van der Waals surface area contributed by atoms with Gasteiger partial charge in [0.25, 0.3) is 0 Å². The van der Waals surface area contributed by atoms with Gasteiger partial charge in [-0.25, -0.2) is 0 Å². The average Bonchev–Trinajstić information content (AvgIpc) is 1.30. The summed E-state index contributed by atoms with van der Waals surface area (Å²) in [6.45, 7) is 0.615. The van der Waals surface area contributed by atoms with E-state index in [0.717, 1.165) is 13.0 Å². The zero-order valence-corrected chi connectivity index (χ0v) is 2.40. The zero-order valence-electron chi connectivity index (χ0n) is 3.40. The molecule has 1 heteroatoms. The Balaban J connectivity index is 2.08. The van der Waals surface area contributed by atoms with E-state index in [-0.39, 0.29) is 6.58 Å². The van der Waals surface area contributed by atoms with E-state index in [1.807, 2.05) is 0 Å². The Morgan fingerprint density at radius 2 is 2.50 bits per heavy atom. The van der Waals surface area contributed by atoms with Crippen LogP contribution in [0.15, 0.2) is 0 Å². The van der Waals surface area contributed by atoms with Crippen LogP contribution in [0, 0.1) is 0 Å². The molecule has 0 aromatic heterocycles. The second-order valence-electron chi connectivity index (χ2n) is 0.826. The minimum atomic E-state index is -0.185. The van der Waals surface area contributed by atoms with Crippen LogP contribution >= 0.6 is 0 Å². The van der Waals surface area contributed by atoms with Crippen LogP contribution in [-0.4, -0.2) is 13.2 Å². The Morgan fingerprint density at radius 1 is 2.00 bits per heavy atom. The molecule has 0 radical (unpaired) electrons. The highest BCUT2D eigenvalue weighted by Gasteiger charge is 1.94. The number of hydrogen-bond acceptors (Lipinski definition) is 1. The molecule has 1 aliphatic rings. The molecule has 24 valence electrons. The highest BCUT2D eigenvalue weighted by Crippen LogP contribution is 1.92. The van der Waals surface area contributed by atoms with Crippen molar-refractivity contribution in [2.45, 2.75) is 6.42 Å². The van der Waals surface area contributed by atoms with E-state index >= 15 is 0 Å². The summed E-state index contributed by atoms with van der Waals surface area (Å²) in [6, 6.07) is 0. The largest absolute Gasteiger partial charge is 0.381 e. The van der Waals surface area contributed by atoms with Crippen LogP contribution < -0.4 is 0 Å². The fourth-order valence-electron chi connectivity index (χ4n) is 0.118. The minimum absolute atomic E-state index is 0.185. The molecule has 0 N–H and O–H groups in total. The third-order valence-corrected chi connectivity index (χ3v) is 0.471. The topological polar surface area (TPSA) is 9.23 Å². The van der Waals surface area contributed by atoms with Crippen LogP contribution in [0.3, 0.4) is 0 Å². The highest BCUT2D eigenvalue weighted by atomic mass is 16.5. The third kappa shape index (κ3) is 0.115. The Morgan fingerprint density at radius 3 is 2.50 bits per heavy atom. The fourth-order valence-corrected chi connectivity index (χ4v) is 0.118. The second kappa shape index (κ2) is 0.725. The van der Waals surface area contributed by atoms with Gasteiger partial charge < -0.3 is 4.74 Å². The van der Waals surface area contributed by atoms with Crippen molar-refractivity contribution in [2.75, 3.05) is 13.2 Å². The van der Waals surface area contributed by atoms with Crippen LogP contribution in [0.2, 0.25) is 0 Å². The summed E-state index contributed by atoms with van der Waals surface area (Å²) in [5.74, 6) is 0. The quantitative estimate of drug-likeness (QED) is 0.393. The van der Waals surface area contributed by atoms with E-state index in [1.54, 1.807) is 0 Å². The lowest BCUT2D eigenvalue weighted by atomic mass is 10.4. The predicted octanol–water partition coefficient (Wildman–Crippen LogP) is 0.407. The van der Waals surface area contributed by atoms with Gasteiger partial charge in [0.2, 0.25) is 0 Å². The first-order valence-corrected chi connectivity index (χ1v) is 1.43. The lowest BCUT2D eigenvalue weighted by molar-refractivity contribution is 0.0367. The molecule has 1 unspecified atom stereocenters. The molecule has 1 atom stereocenters. The van der Waals surface area contributed by atoms with Gasteiger partial charge in [-0.2, -0.15) is 0 Å². The van der Waals surface area contributed by atoms with Gasteiger partial charge in [-0.3, -0.25) is 0 Å². The molecule has 1 fully saturated rings. The van der Waals surface area contributed by atoms with E-state index < -0.39 is 0 Å². The van der Waals surface area contributed by atoms with Crippen LogP contribution in [0.4, 0.5) is 0 Å². The molecule has 0 aromatic rings. The molecule has 1 saturated heterocycles. The molecule has 0 spiro atoms. The maximum Gasteiger partial charge on any atom is 0.0567 e. The number of hydrogen-bond donors (Lipinski definition) is 0. The first kappa shape index (κ1) is 1.41. The molecule has 0 saturated carbocycles. The van der Waals surface area contributed by atoms with Gasteiger partial charge in [0.1, 0.15) is 0 Å². The van der Waals surface area contributed by atoms with Crippen molar-refractivity contribution in [3.05, 3.63) is 0 Å². The predicted molar refractivity (Wildman–Crippen MR) is 15.4 cm³/mol. The summed E-state index contributed by atoms with van der Waals surface area (Å²) < 4.78 is 11.3. The third-order valence-electron chi connectivity index (χ3n) is 0.471. The smallest absolute Gasteiger partial charge is 0.0567 e. The summed E-state index contributed by atoms with van der Waals surface area (Å²) in [5, 5.41) is 0. The van der Waals surface area contributed by atoms with E-state index in [9.17, 15) is 0 Å². The van der Waals surface area contributed by atoms with Gasteiger partial charge in [-0.1, -0.05) is 0 Å². The lowest BCUT2D eigenvalue weighted by Gasteiger charge is -2.09. The van der Waals surface area contributed by atoms with Crippen molar-refractivity contribution in [3.8, 4) is 0 Å². The molecular formula is C3H6O. The standard InChI is InChI=1S/C3H6O/c1-2-4-3-1/h1-3H2/i2T. The SMILES string of the molecule is [3H]C1CCO1. The van der Waals surface area contributed by atoms with Crippen molar-refractivity contribution in [2.24, 2.45) is 0 Å². The van der Waals surface area contributed by atoms with Crippen LogP contribution in [0.1, 0.15) is 7.79 Å². The minimum Gasteiger partial charge on any atom is -0.381 e. The van der Waals surface area contributed by atoms with Gasteiger partial charge in [-0.05, 0) is 6.42 Å². The Hall–Kier alpha value is -0.0400. The van der Waals surface area contributed by atoms with Crippen LogP contribution in [0.5, 0.6) is 0 Å². The first-order valence-electron chi connectivity index (χ1n) is 2.01. The summed E-state index contributed by atoms with van der Waals surface area (Å²) >= 11 is 0. The summed E-state index contributed by atoms with van der Waals surface area (Å²) in [6.07, 6.45) is 0.931. The van der Waals surface area contributed by atoms with Crippen molar-refractivity contribution in [1.29, 1.82) is 0 Å². The first-order chi connectivity index (χ1) is 2.39. The molecular weight excluding hydrogens is 52.0 g/mol. The molecule has 0 bridgehead atoms. The molecule has 0 aromatic carbocycles. The van der Waals surface area contributed by atoms with Crippen molar-refractivity contribution < 1.29 is 6.11 Å². The van der Waals surface area contributed by atoms with E-state index in [0.29, 0.717) is 0 Å².